The minimum Gasteiger partial charge on any atom is -0.314 e. The van der Waals surface area contributed by atoms with E-state index in [0.29, 0.717) is 29.7 Å². The molecule has 2 amide bonds. The summed E-state index contributed by atoms with van der Waals surface area (Å²) in [5.41, 5.74) is 5.31. The predicted molar refractivity (Wildman–Crippen MR) is 156 cm³/mol. The molecule has 0 aliphatic carbocycles. The van der Waals surface area contributed by atoms with Gasteiger partial charge in [-0.05, 0) is 80.6 Å². The number of benzene rings is 3. The molecular formula is C32H38N4O2. The predicted octanol–water partition coefficient (Wildman–Crippen LogP) is 7.49. The van der Waals surface area contributed by atoms with Crippen LogP contribution in [0.3, 0.4) is 0 Å². The van der Waals surface area contributed by atoms with Crippen LogP contribution in [0.2, 0.25) is 0 Å². The number of aryl methyl sites for hydroxylation is 3. The summed E-state index contributed by atoms with van der Waals surface area (Å²) in [6.45, 7) is 10.8. The number of nitrogens with zero attached hydrogens (tertiary/aromatic N) is 3. The third kappa shape index (κ3) is 5.64. The number of urea groups is 1. The molecule has 0 aliphatic heterocycles. The van der Waals surface area contributed by atoms with Crippen LogP contribution in [0.4, 0.5) is 10.5 Å². The molecule has 1 atom stereocenters. The number of para-hydroxylation sites is 2. The van der Waals surface area contributed by atoms with Crippen molar-refractivity contribution in [2.24, 2.45) is 0 Å². The molecule has 3 aromatic carbocycles. The standard InChI is InChI=1S/C32H38N4O2/c1-6-8-13-20-35(32(38)34-27-16-11-9-14-23(27)4)29(7-2)30-33-28-17-12-10-15-26(28)31(37)36(30)25-19-18-22(3)24(5)21-25/h9-12,14-19,21,29H,6-8,13,20H2,1-5H3,(H,34,38). The van der Waals surface area contributed by atoms with Crippen molar-refractivity contribution in [3.05, 3.63) is 99.6 Å². The summed E-state index contributed by atoms with van der Waals surface area (Å²) < 4.78 is 1.71. The van der Waals surface area contributed by atoms with Crippen LogP contribution < -0.4 is 10.9 Å². The monoisotopic (exact) mass is 510 g/mol. The summed E-state index contributed by atoms with van der Waals surface area (Å²) in [4.78, 5) is 34.7. The highest BCUT2D eigenvalue weighted by Crippen LogP contribution is 2.28. The maximum absolute atomic E-state index is 14.0. The van der Waals surface area contributed by atoms with Crippen molar-refractivity contribution in [3.63, 3.8) is 0 Å². The second kappa shape index (κ2) is 12.1. The first-order valence-electron chi connectivity index (χ1n) is 13.6. The molecule has 4 rings (SSSR count). The first-order valence-corrected chi connectivity index (χ1v) is 13.6. The topological polar surface area (TPSA) is 67.2 Å². The molecule has 0 bridgehead atoms. The van der Waals surface area contributed by atoms with Gasteiger partial charge in [0.1, 0.15) is 5.82 Å². The summed E-state index contributed by atoms with van der Waals surface area (Å²) in [7, 11) is 0. The number of rotatable bonds is 9. The smallest absolute Gasteiger partial charge is 0.314 e. The molecule has 0 saturated carbocycles. The fraction of sp³-hybridized carbons (Fsp3) is 0.344. The van der Waals surface area contributed by atoms with Gasteiger partial charge in [-0.15, -0.1) is 0 Å². The van der Waals surface area contributed by atoms with E-state index in [0.717, 1.165) is 47.3 Å². The Bertz CT molecular complexity index is 1490. The maximum Gasteiger partial charge on any atom is 0.322 e. The Kier molecular flexibility index (Phi) is 8.62. The number of amides is 2. The number of aromatic nitrogens is 2. The van der Waals surface area contributed by atoms with Crippen molar-refractivity contribution in [2.45, 2.75) is 66.3 Å². The lowest BCUT2D eigenvalue weighted by molar-refractivity contribution is 0.179. The molecule has 38 heavy (non-hydrogen) atoms. The van der Waals surface area contributed by atoms with Crippen LogP contribution in [0.5, 0.6) is 0 Å². The third-order valence-electron chi connectivity index (χ3n) is 7.26. The van der Waals surface area contributed by atoms with Gasteiger partial charge < -0.3 is 10.2 Å². The fourth-order valence-corrected chi connectivity index (χ4v) is 4.86. The summed E-state index contributed by atoms with van der Waals surface area (Å²) in [5.74, 6) is 0.580. The summed E-state index contributed by atoms with van der Waals surface area (Å²) in [5, 5.41) is 3.68. The van der Waals surface area contributed by atoms with Crippen LogP contribution in [0.1, 0.15) is 68.1 Å². The Labute approximate surface area is 225 Å². The number of nitrogens with one attached hydrogen (secondary N) is 1. The highest BCUT2D eigenvalue weighted by atomic mass is 16.2. The number of unbranched alkanes of at least 4 members (excludes halogenated alkanes) is 2. The lowest BCUT2D eigenvalue weighted by Gasteiger charge is -2.32. The Morgan fingerprint density at radius 2 is 1.66 bits per heavy atom. The molecule has 6 heteroatoms. The van der Waals surface area contributed by atoms with E-state index in [1.807, 2.05) is 92.4 Å². The molecule has 0 radical (unpaired) electrons. The molecule has 1 heterocycles. The van der Waals surface area contributed by atoms with Crippen LogP contribution >= 0.6 is 0 Å². The van der Waals surface area contributed by atoms with Crippen LogP contribution in [-0.4, -0.2) is 27.0 Å². The van der Waals surface area contributed by atoms with E-state index in [1.54, 1.807) is 4.57 Å². The number of hydrogen-bond donors (Lipinski definition) is 1. The van der Waals surface area contributed by atoms with Crippen molar-refractivity contribution in [2.75, 3.05) is 11.9 Å². The Balaban J connectivity index is 1.88. The quantitative estimate of drug-likeness (QED) is 0.237. The van der Waals surface area contributed by atoms with Crippen LogP contribution in [0.15, 0.2) is 71.5 Å². The third-order valence-corrected chi connectivity index (χ3v) is 7.26. The number of fused-ring (bicyclic) bond motifs is 1. The average molecular weight is 511 g/mol. The molecule has 6 nitrogen and oxygen atoms in total. The van der Waals surface area contributed by atoms with Gasteiger partial charge in [-0.25, -0.2) is 9.78 Å². The molecule has 198 valence electrons. The minimum atomic E-state index is -0.394. The van der Waals surface area contributed by atoms with Gasteiger partial charge in [0.05, 0.1) is 22.6 Å². The highest BCUT2D eigenvalue weighted by molar-refractivity contribution is 5.90. The van der Waals surface area contributed by atoms with E-state index >= 15 is 0 Å². The summed E-state index contributed by atoms with van der Waals surface area (Å²) in [6, 6.07) is 20.7. The Morgan fingerprint density at radius 3 is 2.37 bits per heavy atom. The molecule has 4 aromatic rings. The Morgan fingerprint density at radius 1 is 0.921 bits per heavy atom. The van der Waals surface area contributed by atoms with Crippen LogP contribution in [0.25, 0.3) is 16.6 Å². The molecule has 0 aliphatic rings. The van der Waals surface area contributed by atoms with Crippen LogP contribution in [0, 0.1) is 20.8 Å². The molecule has 0 spiro atoms. The van der Waals surface area contributed by atoms with Gasteiger partial charge in [-0.2, -0.15) is 0 Å². The number of anilines is 1. The van der Waals surface area contributed by atoms with Gasteiger partial charge in [-0.1, -0.05) is 63.1 Å². The first-order chi connectivity index (χ1) is 18.3. The van der Waals surface area contributed by atoms with E-state index in [4.69, 9.17) is 4.98 Å². The highest BCUT2D eigenvalue weighted by Gasteiger charge is 2.29. The van der Waals surface area contributed by atoms with Gasteiger partial charge in [0, 0.05) is 12.2 Å². The number of carbonyl (C=O) groups excluding carboxylic acids is 1. The minimum absolute atomic E-state index is 0.125. The van der Waals surface area contributed by atoms with Gasteiger partial charge in [0.15, 0.2) is 0 Å². The van der Waals surface area contributed by atoms with E-state index in [-0.39, 0.29) is 11.6 Å². The number of carbonyl (C=O) groups is 1. The van der Waals surface area contributed by atoms with Gasteiger partial charge in [0.2, 0.25) is 0 Å². The van der Waals surface area contributed by atoms with Crippen molar-refractivity contribution in [1.29, 1.82) is 0 Å². The van der Waals surface area contributed by atoms with E-state index in [9.17, 15) is 9.59 Å². The SMILES string of the molecule is CCCCCN(C(=O)Nc1ccccc1C)C(CC)c1nc2ccccc2c(=O)n1-c1ccc(C)c(C)c1. The van der Waals surface area contributed by atoms with Crippen LogP contribution in [-0.2, 0) is 0 Å². The summed E-state index contributed by atoms with van der Waals surface area (Å²) in [6.07, 6.45) is 3.55. The van der Waals surface area contributed by atoms with E-state index < -0.39 is 6.04 Å². The number of hydrogen-bond acceptors (Lipinski definition) is 3. The zero-order chi connectivity index (χ0) is 27.2. The molecular weight excluding hydrogens is 472 g/mol. The first kappa shape index (κ1) is 27.1. The largest absolute Gasteiger partial charge is 0.322 e. The average Bonchev–Trinajstić information content (AvgIpc) is 2.91. The van der Waals surface area contributed by atoms with E-state index in [1.165, 1.54) is 0 Å². The lowest BCUT2D eigenvalue weighted by atomic mass is 10.1. The maximum atomic E-state index is 14.0. The van der Waals surface area contributed by atoms with Crippen molar-refractivity contribution in [3.8, 4) is 5.69 Å². The molecule has 0 saturated heterocycles. The normalized spacial score (nSPS) is 11.9. The zero-order valence-corrected chi connectivity index (χ0v) is 23.1. The van der Waals surface area contributed by atoms with Gasteiger partial charge >= 0.3 is 6.03 Å². The molecule has 1 aromatic heterocycles. The lowest BCUT2D eigenvalue weighted by Crippen LogP contribution is -2.41. The Hall–Kier alpha value is -3.93. The van der Waals surface area contributed by atoms with Crippen molar-refractivity contribution >= 4 is 22.6 Å². The van der Waals surface area contributed by atoms with Gasteiger partial charge in [0.25, 0.3) is 5.56 Å². The molecule has 0 fully saturated rings. The van der Waals surface area contributed by atoms with Crippen molar-refractivity contribution < 1.29 is 4.79 Å². The second-order valence-electron chi connectivity index (χ2n) is 9.97. The van der Waals surface area contributed by atoms with Crippen molar-refractivity contribution in [1.82, 2.24) is 14.5 Å². The summed E-state index contributed by atoms with van der Waals surface area (Å²) >= 11 is 0. The second-order valence-corrected chi connectivity index (χ2v) is 9.97. The fourth-order valence-electron chi connectivity index (χ4n) is 4.86. The zero-order valence-electron chi connectivity index (χ0n) is 23.1. The molecule has 1 unspecified atom stereocenters. The molecule has 1 N–H and O–H groups in total. The van der Waals surface area contributed by atoms with Gasteiger partial charge in [-0.3, -0.25) is 9.36 Å². The van der Waals surface area contributed by atoms with E-state index in [2.05, 4.69) is 19.2 Å².